The van der Waals surface area contributed by atoms with Crippen LogP contribution in [0.3, 0.4) is 0 Å². The Morgan fingerprint density at radius 1 is 0.967 bits per heavy atom. The molecule has 0 aliphatic rings. The van der Waals surface area contributed by atoms with Crippen LogP contribution in [0.5, 0.6) is 0 Å². The van der Waals surface area contributed by atoms with Crippen LogP contribution in [0.15, 0.2) is 52.3 Å². The molecule has 0 saturated carbocycles. The summed E-state index contributed by atoms with van der Waals surface area (Å²) in [7, 11) is -5.53. The standard InChI is InChI=1S/C20H25ClN2O5S2/c1-13(2)22-30(27,28)17-10-11-19(21)18(12-17)20(24)23(4)14(3)15-6-8-16(9-7-15)29(5,25)26/h6-14,22H,1-5H3. The first-order chi connectivity index (χ1) is 13.7. The van der Waals surface area contributed by atoms with E-state index < -0.39 is 31.8 Å². The zero-order chi connectivity index (χ0) is 22.9. The molecule has 0 radical (unpaired) electrons. The van der Waals surface area contributed by atoms with Crippen molar-refractivity contribution in [1.29, 1.82) is 0 Å². The molecule has 10 heteroatoms. The fourth-order valence-corrected chi connectivity index (χ4v) is 4.90. The van der Waals surface area contributed by atoms with E-state index in [1.54, 1.807) is 40.0 Å². The fraction of sp³-hybridized carbons (Fsp3) is 0.350. The van der Waals surface area contributed by atoms with Crippen molar-refractivity contribution < 1.29 is 21.6 Å². The summed E-state index contributed by atoms with van der Waals surface area (Å²) in [6, 6.07) is 9.51. The Labute approximate surface area is 183 Å². The SMILES string of the molecule is CC(C)NS(=O)(=O)c1ccc(Cl)c(C(=O)N(C)C(C)c2ccc(S(C)(=O)=O)cc2)c1. The van der Waals surface area contributed by atoms with Crippen molar-refractivity contribution in [3.8, 4) is 0 Å². The molecule has 30 heavy (non-hydrogen) atoms. The van der Waals surface area contributed by atoms with E-state index in [0.717, 1.165) is 11.8 Å². The smallest absolute Gasteiger partial charge is 0.255 e. The summed E-state index contributed by atoms with van der Waals surface area (Å²) in [4.78, 5) is 14.6. The minimum absolute atomic E-state index is 0.0532. The number of rotatable bonds is 7. The highest BCUT2D eigenvalue weighted by Gasteiger charge is 2.24. The first-order valence-corrected chi connectivity index (χ1v) is 12.9. The topological polar surface area (TPSA) is 101 Å². The van der Waals surface area contributed by atoms with Crippen LogP contribution in [0.4, 0.5) is 0 Å². The van der Waals surface area contributed by atoms with Crippen molar-refractivity contribution in [3.63, 3.8) is 0 Å². The molecular weight excluding hydrogens is 448 g/mol. The van der Waals surface area contributed by atoms with Crippen LogP contribution >= 0.6 is 11.6 Å². The molecule has 0 aromatic heterocycles. The molecule has 0 heterocycles. The van der Waals surface area contributed by atoms with E-state index >= 15 is 0 Å². The van der Waals surface area contributed by atoms with Gasteiger partial charge in [0.05, 0.1) is 26.4 Å². The van der Waals surface area contributed by atoms with Gasteiger partial charge in [-0.25, -0.2) is 21.6 Å². The normalized spacial score (nSPS) is 13.3. The van der Waals surface area contributed by atoms with Crippen LogP contribution in [0.2, 0.25) is 5.02 Å². The third kappa shape index (κ3) is 5.60. The number of amides is 1. The molecule has 2 aromatic carbocycles. The number of hydrogen-bond acceptors (Lipinski definition) is 5. The van der Waals surface area contributed by atoms with Crippen molar-refractivity contribution in [3.05, 3.63) is 58.6 Å². The van der Waals surface area contributed by atoms with E-state index in [9.17, 15) is 21.6 Å². The lowest BCUT2D eigenvalue weighted by Gasteiger charge is -2.26. The molecule has 7 nitrogen and oxygen atoms in total. The van der Waals surface area contributed by atoms with Gasteiger partial charge in [0, 0.05) is 19.3 Å². The van der Waals surface area contributed by atoms with Gasteiger partial charge in [-0.15, -0.1) is 0 Å². The number of sulfonamides is 1. The summed E-state index contributed by atoms with van der Waals surface area (Å²) in [5.41, 5.74) is 0.782. The molecule has 2 aromatic rings. The fourth-order valence-electron chi connectivity index (χ4n) is 2.80. The van der Waals surface area contributed by atoms with Crippen LogP contribution < -0.4 is 4.72 Å². The molecule has 0 fully saturated rings. The van der Waals surface area contributed by atoms with E-state index in [-0.39, 0.29) is 26.4 Å². The molecule has 164 valence electrons. The molecule has 1 N–H and O–H groups in total. The van der Waals surface area contributed by atoms with Gasteiger partial charge >= 0.3 is 0 Å². The number of hydrogen-bond donors (Lipinski definition) is 1. The number of carbonyl (C=O) groups excluding carboxylic acids is 1. The van der Waals surface area contributed by atoms with E-state index in [1.165, 1.54) is 35.2 Å². The van der Waals surface area contributed by atoms with E-state index in [2.05, 4.69) is 4.72 Å². The predicted molar refractivity (Wildman–Crippen MR) is 117 cm³/mol. The molecule has 0 spiro atoms. The number of nitrogens with zero attached hydrogens (tertiary/aromatic N) is 1. The van der Waals surface area contributed by atoms with Gasteiger partial charge < -0.3 is 4.90 Å². The average molecular weight is 473 g/mol. The Balaban J connectivity index is 2.34. The summed E-state index contributed by atoms with van der Waals surface area (Å²) < 4.78 is 50.6. The summed E-state index contributed by atoms with van der Waals surface area (Å²) in [5, 5.41) is 0.134. The van der Waals surface area contributed by atoms with Gasteiger partial charge in [-0.2, -0.15) is 0 Å². The van der Waals surface area contributed by atoms with Crippen molar-refractivity contribution >= 4 is 37.4 Å². The number of sulfone groups is 1. The Morgan fingerprint density at radius 3 is 2.00 bits per heavy atom. The number of halogens is 1. The van der Waals surface area contributed by atoms with Gasteiger partial charge in [-0.1, -0.05) is 23.7 Å². The summed E-state index contributed by atoms with van der Waals surface area (Å²) in [6.07, 6.45) is 1.12. The molecule has 0 saturated heterocycles. The predicted octanol–water partition coefficient (Wildman–Crippen LogP) is 3.26. The summed E-state index contributed by atoms with van der Waals surface area (Å²) >= 11 is 6.18. The minimum Gasteiger partial charge on any atom is -0.335 e. The molecule has 0 aliphatic carbocycles. The first kappa shape index (κ1) is 24.3. The minimum atomic E-state index is -3.79. The van der Waals surface area contributed by atoms with Gasteiger partial charge in [-0.05, 0) is 56.7 Å². The quantitative estimate of drug-likeness (QED) is 0.666. The number of carbonyl (C=O) groups is 1. The van der Waals surface area contributed by atoms with Gasteiger partial charge in [0.15, 0.2) is 9.84 Å². The first-order valence-electron chi connectivity index (χ1n) is 9.13. The molecular formula is C20H25ClN2O5S2. The highest BCUT2D eigenvalue weighted by molar-refractivity contribution is 7.90. The summed E-state index contributed by atoms with van der Waals surface area (Å²) in [5.74, 6) is -0.457. The highest BCUT2D eigenvalue weighted by atomic mass is 35.5. The molecule has 1 unspecified atom stereocenters. The second-order valence-corrected chi connectivity index (χ2v) is 11.5. The van der Waals surface area contributed by atoms with Crippen LogP contribution in [0, 0.1) is 0 Å². The molecule has 2 rings (SSSR count). The monoisotopic (exact) mass is 472 g/mol. The highest BCUT2D eigenvalue weighted by Crippen LogP contribution is 2.26. The van der Waals surface area contributed by atoms with Gasteiger partial charge in [-0.3, -0.25) is 4.79 Å². The van der Waals surface area contributed by atoms with Crippen molar-refractivity contribution in [1.82, 2.24) is 9.62 Å². The number of benzene rings is 2. The molecule has 0 bridgehead atoms. The third-order valence-corrected chi connectivity index (χ3v) is 7.68. The van der Waals surface area contributed by atoms with Gasteiger partial charge in [0.2, 0.25) is 10.0 Å². The zero-order valence-corrected chi connectivity index (χ0v) is 19.8. The maximum absolute atomic E-state index is 13.0. The Hall–Kier alpha value is -1.94. The maximum Gasteiger partial charge on any atom is 0.255 e. The van der Waals surface area contributed by atoms with Crippen molar-refractivity contribution in [2.24, 2.45) is 0 Å². The summed E-state index contributed by atoms with van der Waals surface area (Å²) in [6.45, 7) is 5.18. The lowest BCUT2D eigenvalue weighted by Crippen LogP contribution is -2.32. The van der Waals surface area contributed by atoms with Crippen LogP contribution in [-0.4, -0.2) is 47.0 Å². The van der Waals surface area contributed by atoms with Crippen LogP contribution in [-0.2, 0) is 19.9 Å². The van der Waals surface area contributed by atoms with Crippen LogP contribution in [0.25, 0.3) is 0 Å². The second-order valence-electron chi connectivity index (χ2n) is 7.35. The Bertz CT molecular complexity index is 1140. The second kappa shape index (κ2) is 9.05. The third-order valence-electron chi connectivity index (χ3n) is 4.56. The lowest BCUT2D eigenvalue weighted by molar-refractivity contribution is 0.0742. The van der Waals surface area contributed by atoms with E-state index in [1.807, 2.05) is 0 Å². The zero-order valence-electron chi connectivity index (χ0n) is 17.4. The maximum atomic E-state index is 13.0. The van der Waals surface area contributed by atoms with Gasteiger partial charge in [0.25, 0.3) is 5.91 Å². The Kier molecular flexibility index (Phi) is 7.34. The molecule has 0 aliphatic heterocycles. The van der Waals surface area contributed by atoms with Crippen molar-refractivity contribution in [2.45, 2.75) is 42.6 Å². The molecule has 1 atom stereocenters. The molecule has 1 amide bonds. The van der Waals surface area contributed by atoms with Gasteiger partial charge in [0.1, 0.15) is 0 Å². The lowest BCUT2D eigenvalue weighted by atomic mass is 10.1. The van der Waals surface area contributed by atoms with Crippen molar-refractivity contribution in [2.75, 3.05) is 13.3 Å². The average Bonchev–Trinajstić information content (AvgIpc) is 2.65. The number of nitrogens with one attached hydrogen (secondary N) is 1. The van der Waals surface area contributed by atoms with E-state index in [0.29, 0.717) is 0 Å². The Morgan fingerprint density at radius 2 is 1.50 bits per heavy atom. The largest absolute Gasteiger partial charge is 0.335 e. The van der Waals surface area contributed by atoms with E-state index in [4.69, 9.17) is 11.6 Å². The van der Waals surface area contributed by atoms with Crippen LogP contribution in [0.1, 0.15) is 42.7 Å².